The van der Waals surface area contributed by atoms with Gasteiger partial charge in [0.15, 0.2) is 5.16 Å². The Bertz CT molecular complexity index is 1190. The molecule has 0 spiro atoms. The molecular weight excluding hydrogens is 438 g/mol. The van der Waals surface area contributed by atoms with Gasteiger partial charge in [0, 0.05) is 24.2 Å². The smallest absolute Gasteiger partial charge is 0.266 e. The van der Waals surface area contributed by atoms with Crippen molar-refractivity contribution < 1.29 is 14.3 Å². The number of morpholine rings is 1. The first-order valence-electron chi connectivity index (χ1n) is 9.84. The van der Waals surface area contributed by atoms with E-state index in [1.807, 2.05) is 13.0 Å². The lowest BCUT2D eigenvalue weighted by Gasteiger charge is -2.26. The quantitative estimate of drug-likeness (QED) is 0.430. The zero-order valence-corrected chi connectivity index (χ0v) is 18.8. The van der Waals surface area contributed by atoms with Crippen LogP contribution in [0.15, 0.2) is 46.3 Å². The molecule has 1 aromatic heterocycles. The zero-order valence-electron chi connectivity index (χ0n) is 17.3. The van der Waals surface area contributed by atoms with Gasteiger partial charge in [-0.2, -0.15) is 0 Å². The molecule has 0 atom stereocenters. The minimum atomic E-state index is -0.230. The van der Waals surface area contributed by atoms with Gasteiger partial charge in [-0.25, -0.2) is 4.98 Å². The van der Waals surface area contributed by atoms with Gasteiger partial charge < -0.3 is 14.4 Å². The standard InChI is InChI=1S/C22H22ClN3O4S/c1-14-11-18(19(29-2)12-16(14)23)26-21(28)15-5-3-4-6-17(15)24-22(26)31-13-20(27)25-7-9-30-10-8-25/h3-6,11-12H,7-10,13H2,1-2H3. The van der Waals surface area contributed by atoms with E-state index in [9.17, 15) is 9.59 Å². The Morgan fingerprint density at radius 3 is 2.74 bits per heavy atom. The van der Waals surface area contributed by atoms with E-state index in [0.717, 1.165) is 5.56 Å². The van der Waals surface area contributed by atoms with Crippen molar-refractivity contribution in [1.29, 1.82) is 0 Å². The Labute approximate surface area is 188 Å². The number of carbonyl (C=O) groups is 1. The Balaban J connectivity index is 1.80. The first kappa shape index (κ1) is 21.7. The Morgan fingerprint density at radius 2 is 2.00 bits per heavy atom. The third-order valence-electron chi connectivity index (χ3n) is 5.13. The van der Waals surface area contributed by atoms with Crippen LogP contribution in [0.1, 0.15) is 5.56 Å². The number of amides is 1. The molecule has 1 saturated heterocycles. The van der Waals surface area contributed by atoms with Crippen LogP contribution in [-0.4, -0.2) is 59.5 Å². The summed E-state index contributed by atoms with van der Waals surface area (Å²) < 4.78 is 12.3. The number of methoxy groups -OCH3 is 1. The van der Waals surface area contributed by atoms with E-state index >= 15 is 0 Å². The van der Waals surface area contributed by atoms with Crippen LogP contribution in [0.5, 0.6) is 5.75 Å². The molecule has 1 aliphatic heterocycles. The molecule has 9 heteroatoms. The summed E-state index contributed by atoms with van der Waals surface area (Å²) in [4.78, 5) is 32.6. The molecule has 0 aliphatic carbocycles. The minimum Gasteiger partial charge on any atom is -0.495 e. The Hall–Kier alpha value is -2.55. The van der Waals surface area contributed by atoms with Gasteiger partial charge in [-0.15, -0.1) is 0 Å². The molecule has 0 unspecified atom stereocenters. The van der Waals surface area contributed by atoms with Crippen LogP contribution < -0.4 is 10.3 Å². The second-order valence-electron chi connectivity index (χ2n) is 7.11. The number of hydrogen-bond donors (Lipinski definition) is 0. The number of aryl methyl sites for hydroxylation is 1. The van der Waals surface area contributed by atoms with E-state index in [0.29, 0.717) is 58.8 Å². The number of hydrogen-bond acceptors (Lipinski definition) is 6. The molecule has 3 aromatic rings. The fraction of sp³-hybridized carbons (Fsp3) is 0.318. The highest BCUT2D eigenvalue weighted by molar-refractivity contribution is 7.99. The van der Waals surface area contributed by atoms with E-state index < -0.39 is 0 Å². The molecule has 0 bridgehead atoms. The summed E-state index contributed by atoms with van der Waals surface area (Å²) in [6.07, 6.45) is 0. The summed E-state index contributed by atoms with van der Waals surface area (Å²) in [5, 5.41) is 1.45. The third kappa shape index (κ3) is 4.42. The second kappa shape index (κ2) is 9.30. The molecular formula is C22H22ClN3O4S. The van der Waals surface area contributed by atoms with Gasteiger partial charge in [-0.3, -0.25) is 14.2 Å². The van der Waals surface area contributed by atoms with Crippen molar-refractivity contribution in [3.05, 3.63) is 57.3 Å². The molecule has 1 aliphatic rings. The minimum absolute atomic E-state index is 0.0125. The topological polar surface area (TPSA) is 73.7 Å². The first-order valence-corrected chi connectivity index (χ1v) is 11.2. The van der Waals surface area contributed by atoms with Gasteiger partial charge in [-0.1, -0.05) is 35.5 Å². The summed E-state index contributed by atoms with van der Waals surface area (Å²) >= 11 is 7.50. The summed E-state index contributed by atoms with van der Waals surface area (Å²) in [7, 11) is 1.53. The fourth-order valence-corrected chi connectivity index (χ4v) is 4.50. The van der Waals surface area contributed by atoms with Gasteiger partial charge >= 0.3 is 0 Å². The summed E-state index contributed by atoms with van der Waals surface area (Å²) in [5.41, 5.74) is 1.69. The molecule has 4 rings (SSSR count). The molecule has 0 radical (unpaired) electrons. The van der Waals surface area contributed by atoms with Gasteiger partial charge in [0.1, 0.15) is 5.75 Å². The van der Waals surface area contributed by atoms with Crippen LogP contribution in [0.3, 0.4) is 0 Å². The molecule has 162 valence electrons. The molecule has 0 saturated carbocycles. The third-order valence-corrected chi connectivity index (χ3v) is 6.47. The van der Waals surface area contributed by atoms with Crippen LogP contribution in [-0.2, 0) is 9.53 Å². The lowest BCUT2D eigenvalue weighted by Crippen LogP contribution is -2.41. The number of para-hydroxylation sites is 1. The summed E-state index contributed by atoms with van der Waals surface area (Å²) in [6.45, 7) is 4.08. The van der Waals surface area contributed by atoms with Gasteiger partial charge in [0.25, 0.3) is 5.56 Å². The number of rotatable bonds is 5. The van der Waals surface area contributed by atoms with E-state index in [4.69, 9.17) is 26.1 Å². The van der Waals surface area contributed by atoms with Crippen molar-refractivity contribution >= 4 is 40.2 Å². The van der Waals surface area contributed by atoms with Gasteiger partial charge in [0.05, 0.1) is 42.7 Å². The maximum Gasteiger partial charge on any atom is 0.266 e. The van der Waals surface area contributed by atoms with Gasteiger partial charge in [-0.05, 0) is 30.7 Å². The van der Waals surface area contributed by atoms with Crippen molar-refractivity contribution in [3.63, 3.8) is 0 Å². The lowest BCUT2D eigenvalue weighted by atomic mass is 10.2. The molecule has 0 N–H and O–H groups in total. The molecule has 1 fully saturated rings. The van der Waals surface area contributed by atoms with Crippen LogP contribution >= 0.6 is 23.4 Å². The van der Waals surface area contributed by atoms with Crippen LogP contribution in [0.25, 0.3) is 16.6 Å². The largest absolute Gasteiger partial charge is 0.495 e. The number of benzene rings is 2. The van der Waals surface area contributed by atoms with Crippen LogP contribution in [0.2, 0.25) is 5.02 Å². The molecule has 2 aromatic carbocycles. The normalized spacial score (nSPS) is 14.1. The van der Waals surface area contributed by atoms with Crippen molar-refractivity contribution in [3.8, 4) is 11.4 Å². The number of aromatic nitrogens is 2. The summed E-state index contributed by atoms with van der Waals surface area (Å²) in [5.74, 6) is 0.609. The highest BCUT2D eigenvalue weighted by Crippen LogP contribution is 2.32. The maximum atomic E-state index is 13.5. The van der Waals surface area contributed by atoms with E-state index in [1.165, 1.54) is 23.4 Å². The summed E-state index contributed by atoms with van der Waals surface area (Å²) in [6, 6.07) is 10.6. The fourth-order valence-electron chi connectivity index (χ4n) is 3.44. The highest BCUT2D eigenvalue weighted by atomic mass is 35.5. The Morgan fingerprint density at radius 1 is 1.26 bits per heavy atom. The average Bonchev–Trinajstić information content (AvgIpc) is 2.80. The lowest BCUT2D eigenvalue weighted by molar-refractivity contribution is -0.132. The number of ether oxygens (including phenoxy) is 2. The van der Waals surface area contributed by atoms with Crippen LogP contribution in [0.4, 0.5) is 0 Å². The average molecular weight is 460 g/mol. The number of fused-ring (bicyclic) bond motifs is 1. The molecule has 1 amide bonds. The predicted molar refractivity (Wildman–Crippen MR) is 122 cm³/mol. The van der Waals surface area contributed by atoms with E-state index in [-0.39, 0.29) is 17.2 Å². The number of nitrogens with zero attached hydrogens (tertiary/aromatic N) is 3. The second-order valence-corrected chi connectivity index (χ2v) is 8.46. The molecule has 2 heterocycles. The predicted octanol–water partition coefficient (Wildman–Crippen LogP) is 3.31. The number of halogens is 1. The molecule has 31 heavy (non-hydrogen) atoms. The highest BCUT2D eigenvalue weighted by Gasteiger charge is 2.21. The molecule has 7 nitrogen and oxygen atoms in total. The SMILES string of the molecule is COc1cc(Cl)c(C)cc1-n1c(SCC(=O)N2CCOCC2)nc2ccccc2c1=O. The zero-order chi connectivity index (χ0) is 22.0. The Kier molecular flexibility index (Phi) is 6.50. The van der Waals surface area contributed by atoms with E-state index in [1.54, 1.807) is 35.2 Å². The van der Waals surface area contributed by atoms with Gasteiger partial charge in [0.2, 0.25) is 5.91 Å². The van der Waals surface area contributed by atoms with Crippen molar-refractivity contribution in [2.75, 3.05) is 39.2 Å². The maximum absolute atomic E-state index is 13.5. The van der Waals surface area contributed by atoms with Crippen molar-refractivity contribution in [2.24, 2.45) is 0 Å². The van der Waals surface area contributed by atoms with Crippen molar-refractivity contribution in [2.45, 2.75) is 12.1 Å². The van der Waals surface area contributed by atoms with Crippen molar-refractivity contribution in [1.82, 2.24) is 14.5 Å². The van der Waals surface area contributed by atoms with E-state index in [2.05, 4.69) is 0 Å². The first-order chi connectivity index (χ1) is 15.0. The monoisotopic (exact) mass is 459 g/mol. The van der Waals surface area contributed by atoms with Crippen LogP contribution in [0, 0.1) is 6.92 Å². The number of carbonyl (C=O) groups excluding carboxylic acids is 1. The number of thioether (sulfide) groups is 1.